The fourth-order valence-corrected chi connectivity index (χ4v) is 3.79. The zero-order valence-corrected chi connectivity index (χ0v) is 16.2. The summed E-state index contributed by atoms with van der Waals surface area (Å²) in [4.78, 5) is 18.5. The molecule has 2 N–H and O–H groups in total. The van der Waals surface area contributed by atoms with E-state index in [2.05, 4.69) is 62.0 Å². The van der Waals surface area contributed by atoms with Gasteiger partial charge in [-0.1, -0.05) is 42.5 Å². The first-order valence-corrected chi connectivity index (χ1v) is 9.30. The molecule has 7 nitrogen and oxygen atoms in total. The minimum absolute atomic E-state index is 0.0776. The van der Waals surface area contributed by atoms with Gasteiger partial charge in [0, 0.05) is 26.7 Å². The number of carbonyl (C=O) groups excluding carboxylic acids is 1. The molecule has 0 aliphatic carbocycles. The molecule has 1 aromatic heterocycles. The van der Waals surface area contributed by atoms with Crippen LogP contribution in [-0.4, -0.2) is 40.8 Å². The Morgan fingerprint density at radius 2 is 1.79 bits per heavy atom. The lowest BCUT2D eigenvalue weighted by Crippen LogP contribution is -2.50. The lowest BCUT2D eigenvalue weighted by Gasteiger charge is -2.40. The summed E-state index contributed by atoms with van der Waals surface area (Å²) in [5, 5.41) is 11.0. The highest BCUT2D eigenvalue weighted by atomic mass is 16.1. The SMILES string of the molecule is CC(=O)N[C@H]1[C@@H](c2ccccc2)n2ncnc2N[C@H]1c1ccc(N(C)C)cc1. The molecule has 7 heteroatoms. The number of aromatic nitrogens is 3. The molecule has 28 heavy (non-hydrogen) atoms. The Hall–Kier alpha value is -3.35. The average molecular weight is 376 g/mol. The minimum Gasteiger partial charge on any atom is -0.378 e. The van der Waals surface area contributed by atoms with Gasteiger partial charge in [0.2, 0.25) is 11.9 Å². The molecule has 1 amide bonds. The van der Waals surface area contributed by atoms with Gasteiger partial charge in [0.1, 0.15) is 12.4 Å². The molecule has 0 saturated heterocycles. The van der Waals surface area contributed by atoms with Crippen LogP contribution in [-0.2, 0) is 4.79 Å². The van der Waals surface area contributed by atoms with Crippen LogP contribution < -0.4 is 15.5 Å². The van der Waals surface area contributed by atoms with Gasteiger partial charge in [0.05, 0.1) is 12.1 Å². The molecule has 2 heterocycles. The topological polar surface area (TPSA) is 75.1 Å². The van der Waals surface area contributed by atoms with E-state index in [1.54, 1.807) is 13.3 Å². The molecule has 0 fully saturated rings. The summed E-state index contributed by atoms with van der Waals surface area (Å²) in [6, 6.07) is 17.9. The van der Waals surface area contributed by atoms with Crippen molar-refractivity contribution in [1.29, 1.82) is 0 Å². The quantitative estimate of drug-likeness (QED) is 0.732. The van der Waals surface area contributed by atoms with Crippen LogP contribution in [0.25, 0.3) is 0 Å². The van der Waals surface area contributed by atoms with Gasteiger partial charge in [0.25, 0.3) is 0 Å². The Morgan fingerprint density at radius 1 is 1.07 bits per heavy atom. The molecule has 0 radical (unpaired) electrons. The number of nitrogens with one attached hydrogen (secondary N) is 2. The van der Waals surface area contributed by atoms with Gasteiger partial charge in [-0.2, -0.15) is 10.1 Å². The van der Waals surface area contributed by atoms with Gasteiger partial charge in [0.15, 0.2) is 0 Å². The largest absolute Gasteiger partial charge is 0.378 e. The van der Waals surface area contributed by atoms with Crippen molar-refractivity contribution in [2.75, 3.05) is 24.3 Å². The summed E-state index contributed by atoms with van der Waals surface area (Å²) in [7, 11) is 4.03. The number of anilines is 2. The molecule has 3 aromatic rings. The highest BCUT2D eigenvalue weighted by molar-refractivity contribution is 5.73. The van der Waals surface area contributed by atoms with Crippen molar-refractivity contribution in [2.24, 2.45) is 0 Å². The molecule has 1 aliphatic rings. The van der Waals surface area contributed by atoms with Crippen LogP contribution in [0, 0.1) is 0 Å². The second kappa shape index (κ2) is 7.34. The first-order valence-electron chi connectivity index (χ1n) is 9.30. The van der Waals surface area contributed by atoms with Crippen molar-refractivity contribution in [2.45, 2.75) is 25.0 Å². The van der Waals surface area contributed by atoms with E-state index in [1.807, 2.05) is 37.0 Å². The Kier molecular flexibility index (Phi) is 4.73. The van der Waals surface area contributed by atoms with Crippen molar-refractivity contribution in [3.63, 3.8) is 0 Å². The number of hydrogen-bond donors (Lipinski definition) is 2. The van der Waals surface area contributed by atoms with Gasteiger partial charge >= 0.3 is 0 Å². The van der Waals surface area contributed by atoms with E-state index in [0.29, 0.717) is 5.95 Å². The Balaban J connectivity index is 1.80. The molecule has 2 aromatic carbocycles. The lowest BCUT2D eigenvalue weighted by atomic mass is 9.88. The summed E-state index contributed by atoms with van der Waals surface area (Å²) in [6.45, 7) is 1.55. The van der Waals surface area contributed by atoms with E-state index in [4.69, 9.17) is 0 Å². The predicted octanol–water partition coefficient (Wildman–Crippen LogP) is 2.61. The first-order chi connectivity index (χ1) is 13.5. The van der Waals surface area contributed by atoms with Crippen LogP contribution in [0.3, 0.4) is 0 Å². The summed E-state index contributed by atoms with van der Waals surface area (Å²) < 4.78 is 1.85. The normalized spacial score (nSPS) is 20.8. The predicted molar refractivity (Wildman–Crippen MR) is 109 cm³/mol. The molecule has 0 saturated carbocycles. The maximum absolute atomic E-state index is 12.1. The fourth-order valence-electron chi connectivity index (χ4n) is 3.79. The van der Waals surface area contributed by atoms with Crippen LogP contribution in [0.1, 0.15) is 30.1 Å². The summed E-state index contributed by atoms with van der Waals surface area (Å²) in [6.07, 6.45) is 1.54. The smallest absolute Gasteiger partial charge is 0.222 e. The Morgan fingerprint density at radius 3 is 2.43 bits per heavy atom. The number of carbonyl (C=O) groups is 1. The second-order valence-corrected chi connectivity index (χ2v) is 7.22. The number of benzene rings is 2. The molecule has 0 bridgehead atoms. The third-order valence-corrected chi connectivity index (χ3v) is 5.10. The molecular formula is C21H24N6O. The summed E-state index contributed by atoms with van der Waals surface area (Å²) in [5.41, 5.74) is 3.28. The van der Waals surface area contributed by atoms with Crippen LogP contribution >= 0.6 is 0 Å². The van der Waals surface area contributed by atoms with Gasteiger partial charge in [-0.15, -0.1) is 0 Å². The third-order valence-electron chi connectivity index (χ3n) is 5.10. The molecule has 3 atom stereocenters. The van der Waals surface area contributed by atoms with E-state index in [0.717, 1.165) is 16.8 Å². The number of fused-ring (bicyclic) bond motifs is 1. The lowest BCUT2D eigenvalue weighted by molar-refractivity contribution is -0.120. The van der Waals surface area contributed by atoms with Crippen molar-refractivity contribution in [3.8, 4) is 0 Å². The average Bonchev–Trinajstić information content (AvgIpc) is 3.16. The van der Waals surface area contributed by atoms with Crippen molar-refractivity contribution in [1.82, 2.24) is 20.1 Å². The second-order valence-electron chi connectivity index (χ2n) is 7.22. The number of hydrogen-bond acceptors (Lipinski definition) is 5. The molecule has 1 aliphatic heterocycles. The van der Waals surface area contributed by atoms with Gasteiger partial charge in [-0.3, -0.25) is 4.79 Å². The van der Waals surface area contributed by atoms with Gasteiger partial charge < -0.3 is 15.5 Å². The van der Waals surface area contributed by atoms with Crippen LogP contribution in [0.5, 0.6) is 0 Å². The maximum Gasteiger partial charge on any atom is 0.222 e. The number of nitrogens with zero attached hydrogens (tertiary/aromatic N) is 4. The first kappa shape index (κ1) is 18.0. The number of rotatable bonds is 4. The molecule has 0 unspecified atom stereocenters. The van der Waals surface area contributed by atoms with Crippen molar-refractivity contribution < 1.29 is 4.79 Å². The van der Waals surface area contributed by atoms with E-state index in [-0.39, 0.29) is 24.0 Å². The highest BCUT2D eigenvalue weighted by Gasteiger charge is 2.40. The van der Waals surface area contributed by atoms with E-state index < -0.39 is 0 Å². The minimum atomic E-state index is -0.223. The Labute approximate surface area is 164 Å². The van der Waals surface area contributed by atoms with Gasteiger partial charge in [-0.25, -0.2) is 4.68 Å². The summed E-state index contributed by atoms with van der Waals surface area (Å²) in [5.74, 6) is 0.614. The third kappa shape index (κ3) is 3.31. The highest BCUT2D eigenvalue weighted by Crippen LogP contribution is 2.38. The van der Waals surface area contributed by atoms with Crippen LogP contribution in [0.2, 0.25) is 0 Å². The van der Waals surface area contributed by atoms with Crippen molar-refractivity contribution >= 4 is 17.5 Å². The van der Waals surface area contributed by atoms with Crippen LogP contribution in [0.15, 0.2) is 60.9 Å². The zero-order valence-electron chi connectivity index (χ0n) is 16.2. The summed E-state index contributed by atoms with van der Waals surface area (Å²) >= 11 is 0. The maximum atomic E-state index is 12.1. The molecule has 4 rings (SSSR count). The van der Waals surface area contributed by atoms with E-state index in [1.165, 1.54) is 0 Å². The number of amides is 1. The van der Waals surface area contributed by atoms with Crippen molar-refractivity contribution in [3.05, 3.63) is 72.1 Å². The molecular weight excluding hydrogens is 352 g/mol. The monoisotopic (exact) mass is 376 g/mol. The van der Waals surface area contributed by atoms with Crippen LogP contribution in [0.4, 0.5) is 11.6 Å². The fraction of sp³-hybridized carbons (Fsp3) is 0.286. The van der Waals surface area contributed by atoms with E-state index >= 15 is 0 Å². The van der Waals surface area contributed by atoms with E-state index in [9.17, 15) is 4.79 Å². The zero-order chi connectivity index (χ0) is 19.7. The molecule has 144 valence electrons. The standard InChI is InChI=1S/C21H24N6O/c1-14(28)24-19-18(15-9-11-17(12-10-15)26(2)3)25-21-22-13-23-27(21)20(19)16-7-5-4-6-8-16/h4-13,18-20H,1-3H3,(H,24,28)(H,22,23,25)/t18-,19+,20+/m0/s1. The Bertz CT molecular complexity index is 951. The van der Waals surface area contributed by atoms with Gasteiger partial charge in [-0.05, 0) is 23.3 Å². The molecule has 0 spiro atoms.